The highest BCUT2D eigenvalue weighted by Gasteiger charge is 2.00. The molecule has 0 fully saturated rings. The SMILES string of the molecule is CN(C)c1ccc(-c2ccc(N(C)C)cc2)cc1.CO. The van der Waals surface area contributed by atoms with Crippen LogP contribution >= 0.6 is 0 Å². The van der Waals surface area contributed by atoms with Crippen LogP contribution in [0.15, 0.2) is 48.5 Å². The highest BCUT2D eigenvalue weighted by atomic mass is 16.2. The number of benzene rings is 2. The second-order valence-electron chi connectivity index (χ2n) is 4.88. The molecule has 1 N–H and O–H groups in total. The van der Waals surface area contributed by atoms with Crippen molar-refractivity contribution in [3.05, 3.63) is 48.5 Å². The molecule has 3 heteroatoms. The van der Waals surface area contributed by atoms with Crippen molar-refractivity contribution in [1.82, 2.24) is 0 Å². The van der Waals surface area contributed by atoms with Gasteiger partial charge in [-0.1, -0.05) is 24.3 Å². The average molecular weight is 272 g/mol. The summed E-state index contributed by atoms with van der Waals surface area (Å²) in [5, 5.41) is 7.00. The number of anilines is 2. The number of aliphatic hydroxyl groups is 1. The molecule has 0 aromatic heterocycles. The largest absolute Gasteiger partial charge is 0.400 e. The Morgan fingerprint density at radius 3 is 1.00 bits per heavy atom. The van der Waals surface area contributed by atoms with E-state index in [0.717, 1.165) is 7.11 Å². The number of hydrogen-bond donors (Lipinski definition) is 1. The van der Waals surface area contributed by atoms with Gasteiger partial charge in [0.05, 0.1) is 0 Å². The van der Waals surface area contributed by atoms with Crippen molar-refractivity contribution in [2.24, 2.45) is 0 Å². The Hall–Kier alpha value is -2.00. The van der Waals surface area contributed by atoms with Crippen LogP contribution in [-0.2, 0) is 0 Å². The van der Waals surface area contributed by atoms with Crippen LogP contribution in [0.5, 0.6) is 0 Å². The molecule has 0 atom stereocenters. The molecule has 0 aliphatic heterocycles. The van der Waals surface area contributed by atoms with Gasteiger partial charge in [0.25, 0.3) is 0 Å². The van der Waals surface area contributed by atoms with Gasteiger partial charge in [0, 0.05) is 46.7 Å². The zero-order valence-electron chi connectivity index (χ0n) is 13.0. The van der Waals surface area contributed by atoms with E-state index in [1.807, 2.05) is 0 Å². The third-order valence-corrected chi connectivity index (χ3v) is 3.10. The standard InChI is InChI=1S/C16H20N2.CH4O/c1-17(2)15-9-5-13(6-10-15)14-7-11-16(12-8-14)18(3)4;1-2/h5-12H,1-4H3;2H,1H3. The second kappa shape index (κ2) is 7.56. The lowest BCUT2D eigenvalue weighted by Gasteiger charge is -2.14. The molecule has 2 aromatic carbocycles. The summed E-state index contributed by atoms with van der Waals surface area (Å²) < 4.78 is 0. The number of nitrogens with zero attached hydrogens (tertiary/aromatic N) is 2. The van der Waals surface area contributed by atoms with Gasteiger partial charge in [-0.2, -0.15) is 0 Å². The van der Waals surface area contributed by atoms with Gasteiger partial charge >= 0.3 is 0 Å². The van der Waals surface area contributed by atoms with Gasteiger partial charge in [-0.05, 0) is 35.4 Å². The minimum absolute atomic E-state index is 1.00. The van der Waals surface area contributed by atoms with Crippen LogP contribution in [-0.4, -0.2) is 40.4 Å². The van der Waals surface area contributed by atoms with Crippen molar-refractivity contribution in [3.8, 4) is 11.1 Å². The third-order valence-electron chi connectivity index (χ3n) is 3.10. The average Bonchev–Trinajstić information content (AvgIpc) is 2.49. The molecule has 2 aromatic rings. The Balaban J connectivity index is 0.000000956. The molecule has 0 radical (unpaired) electrons. The van der Waals surface area contributed by atoms with Crippen molar-refractivity contribution in [2.75, 3.05) is 45.1 Å². The molecule has 0 saturated carbocycles. The van der Waals surface area contributed by atoms with Crippen LogP contribution in [0.4, 0.5) is 11.4 Å². The minimum atomic E-state index is 1.00. The van der Waals surface area contributed by atoms with Gasteiger partial charge in [-0.3, -0.25) is 0 Å². The second-order valence-corrected chi connectivity index (χ2v) is 4.88. The van der Waals surface area contributed by atoms with E-state index >= 15 is 0 Å². The van der Waals surface area contributed by atoms with E-state index in [4.69, 9.17) is 5.11 Å². The molecular formula is C17H24N2O. The molecule has 2 rings (SSSR count). The summed E-state index contributed by atoms with van der Waals surface area (Å²) in [6.45, 7) is 0. The van der Waals surface area contributed by atoms with Crippen LogP contribution in [0.3, 0.4) is 0 Å². The number of aliphatic hydroxyl groups excluding tert-OH is 1. The Morgan fingerprint density at radius 2 is 0.800 bits per heavy atom. The number of hydrogen-bond acceptors (Lipinski definition) is 3. The molecule has 0 spiro atoms. The third kappa shape index (κ3) is 4.00. The van der Waals surface area contributed by atoms with Gasteiger partial charge in [-0.25, -0.2) is 0 Å². The van der Waals surface area contributed by atoms with Crippen LogP contribution in [0.25, 0.3) is 11.1 Å². The molecule has 3 nitrogen and oxygen atoms in total. The first kappa shape index (κ1) is 16.1. The monoisotopic (exact) mass is 272 g/mol. The smallest absolute Gasteiger partial charge is 0.0361 e. The van der Waals surface area contributed by atoms with Crippen molar-refractivity contribution in [1.29, 1.82) is 0 Å². The van der Waals surface area contributed by atoms with E-state index in [1.54, 1.807) is 0 Å². The lowest BCUT2D eigenvalue weighted by atomic mass is 10.0. The highest BCUT2D eigenvalue weighted by molar-refractivity contribution is 5.68. The van der Waals surface area contributed by atoms with E-state index in [2.05, 4.69) is 86.5 Å². The Bertz CT molecular complexity index is 452. The molecular weight excluding hydrogens is 248 g/mol. The molecule has 20 heavy (non-hydrogen) atoms. The van der Waals surface area contributed by atoms with E-state index in [1.165, 1.54) is 22.5 Å². The molecule has 0 saturated heterocycles. The summed E-state index contributed by atoms with van der Waals surface area (Å²) in [6, 6.07) is 17.3. The van der Waals surface area contributed by atoms with E-state index in [0.29, 0.717) is 0 Å². The summed E-state index contributed by atoms with van der Waals surface area (Å²) in [5.41, 5.74) is 4.96. The first-order valence-electron chi connectivity index (χ1n) is 6.58. The maximum atomic E-state index is 7.00. The maximum Gasteiger partial charge on any atom is 0.0361 e. The molecule has 0 aliphatic carbocycles. The zero-order chi connectivity index (χ0) is 15.1. The summed E-state index contributed by atoms with van der Waals surface area (Å²) in [5.74, 6) is 0. The summed E-state index contributed by atoms with van der Waals surface area (Å²) >= 11 is 0. The van der Waals surface area contributed by atoms with Crippen LogP contribution in [0, 0.1) is 0 Å². The molecule has 0 bridgehead atoms. The Labute approximate surface area is 122 Å². The molecule has 0 amide bonds. The normalized spacial score (nSPS) is 9.50. The molecule has 0 unspecified atom stereocenters. The van der Waals surface area contributed by atoms with Gasteiger partial charge in [0.1, 0.15) is 0 Å². The summed E-state index contributed by atoms with van der Waals surface area (Å²) in [6.07, 6.45) is 0. The van der Waals surface area contributed by atoms with Crippen LogP contribution < -0.4 is 9.80 Å². The van der Waals surface area contributed by atoms with Gasteiger partial charge in [0.15, 0.2) is 0 Å². The maximum absolute atomic E-state index is 7.00. The number of rotatable bonds is 3. The first-order chi connectivity index (χ1) is 9.58. The van der Waals surface area contributed by atoms with Crippen molar-refractivity contribution in [3.63, 3.8) is 0 Å². The van der Waals surface area contributed by atoms with Crippen molar-refractivity contribution >= 4 is 11.4 Å². The predicted octanol–water partition coefficient (Wildman–Crippen LogP) is 3.09. The quantitative estimate of drug-likeness (QED) is 0.930. The van der Waals surface area contributed by atoms with Gasteiger partial charge in [-0.15, -0.1) is 0 Å². The Kier molecular flexibility index (Phi) is 6.07. The van der Waals surface area contributed by atoms with E-state index in [9.17, 15) is 0 Å². The van der Waals surface area contributed by atoms with Crippen LogP contribution in [0.1, 0.15) is 0 Å². The molecule has 0 heterocycles. The van der Waals surface area contributed by atoms with Crippen molar-refractivity contribution in [2.45, 2.75) is 0 Å². The fourth-order valence-electron chi connectivity index (χ4n) is 1.90. The van der Waals surface area contributed by atoms with E-state index < -0.39 is 0 Å². The lowest BCUT2D eigenvalue weighted by molar-refractivity contribution is 0.399. The first-order valence-corrected chi connectivity index (χ1v) is 6.58. The predicted molar refractivity (Wildman–Crippen MR) is 88.7 cm³/mol. The topological polar surface area (TPSA) is 26.7 Å². The van der Waals surface area contributed by atoms with E-state index in [-0.39, 0.29) is 0 Å². The van der Waals surface area contributed by atoms with Crippen LogP contribution in [0.2, 0.25) is 0 Å². The zero-order valence-corrected chi connectivity index (χ0v) is 13.0. The van der Waals surface area contributed by atoms with Crippen molar-refractivity contribution < 1.29 is 5.11 Å². The summed E-state index contributed by atoms with van der Waals surface area (Å²) in [4.78, 5) is 4.22. The fourth-order valence-corrected chi connectivity index (χ4v) is 1.90. The fraction of sp³-hybridized carbons (Fsp3) is 0.294. The lowest BCUT2D eigenvalue weighted by Crippen LogP contribution is -2.08. The molecule has 108 valence electrons. The van der Waals surface area contributed by atoms with Gasteiger partial charge < -0.3 is 14.9 Å². The van der Waals surface area contributed by atoms with Gasteiger partial charge in [0.2, 0.25) is 0 Å². The Morgan fingerprint density at radius 1 is 0.550 bits per heavy atom. The summed E-state index contributed by atoms with van der Waals surface area (Å²) in [7, 11) is 9.23. The molecule has 0 aliphatic rings. The highest BCUT2D eigenvalue weighted by Crippen LogP contribution is 2.24. The minimum Gasteiger partial charge on any atom is -0.400 e.